The number of hydrogen-bond donors (Lipinski definition) is 4. The number of alkyl carbamates (subject to hydrolysis) is 1. The highest BCUT2D eigenvalue weighted by atomic mass is 16.5. The standard InChI is InChI=1S/C52H63N9O6/c1-30(2)44(57-50(64)66-5)48(62)60-22-10-13-43(60)47-54-29-41(56-47)37-19-18-36(38-26-52(27-39(37)38)20-8-7-9-21-52)34-16-14-33-25-35(17-15-32(33)24-34)40-28-53-46(55-40)42-12-11-23-61(42)49(63)45(31(3)4)58-59-51(65)67-6/h14-19,24-25,28-31,42-44H,7-13,20-23,26-27H2,1-6H3,(H,53,55)(H,54,56)(H,57,64)(H,59,65). The Labute approximate surface area is 391 Å². The molecule has 0 bridgehead atoms. The van der Waals surface area contributed by atoms with Crippen molar-refractivity contribution in [3.05, 3.63) is 83.7 Å². The number of ether oxygens (including phenoxy) is 2. The van der Waals surface area contributed by atoms with Crippen molar-refractivity contribution >= 4 is 40.5 Å². The van der Waals surface area contributed by atoms with Crippen molar-refractivity contribution in [2.24, 2.45) is 22.4 Å². The first-order chi connectivity index (χ1) is 32.4. The maximum atomic E-state index is 13.9. The molecule has 15 heteroatoms. The van der Waals surface area contributed by atoms with E-state index in [9.17, 15) is 19.2 Å². The van der Waals surface area contributed by atoms with Crippen LogP contribution in [-0.2, 0) is 31.9 Å². The summed E-state index contributed by atoms with van der Waals surface area (Å²) in [6.07, 6.45) is 14.1. The van der Waals surface area contributed by atoms with Crippen molar-refractivity contribution in [3.63, 3.8) is 0 Å². The zero-order chi connectivity index (χ0) is 47.0. The molecular weight excluding hydrogens is 847 g/mol. The molecule has 3 aromatic carbocycles. The van der Waals surface area contributed by atoms with E-state index in [2.05, 4.69) is 79.1 Å². The number of likely N-dealkylation sites (tertiary alicyclic amines) is 2. The molecule has 1 spiro atoms. The van der Waals surface area contributed by atoms with Gasteiger partial charge >= 0.3 is 12.2 Å². The first-order valence-electron chi connectivity index (χ1n) is 24.0. The number of H-pyrrole nitrogens is 2. The van der Waals surface area contributed by atoms with E-state index in [1.807, 2.05) is 45.0 Å². The highest BCUT2D eigenvalue weighted by Gasteiger charge is 2.42. The zero-order valence-corrected chi connectivity index (χ0v) is 39.5. The lowest BCUT2D eigenvalue weighted by atomic mass is 9.72. The van der Waals surface area contributed by atoms with Crippen LogP contribution in [0.15, 0.2) is 66.0 Å². The minimum Gasteiger partial charge on any atom is -0.453 e. The van der Waals surface area contributed by atoms with Gasteiger partial charge in [0.25, 0.3) is 5.91 Å². The first-order valence-corrected chi connectivity index (χ1v) is 24.0. The van der Waals surface area contributed by atoms with Crippen LogP contribution in [0.1, 0.15) is 120 Å². The molecule has 3 atom stereocenters. The van der Waals surface area contributed by atoms with Gasteiger partial charge in [-0.25, -0.2) is 25.0 Å². The molecule has 4 amide bonds. The molecule has 2 aromatic heterocycles. The number of aromatic amines is 2. The van der Waals surface area contributed by atoms with E-state index < -0.39 is 18.2 Å². The second-order valence-electron chi connectivity index (χ2n) is 19.6. The molecule has 4 heterocycles. The Morgan fingerprint density at radius 3 is 1.96 bits per heavy atom. The Bertz CT molecular complexity index is 2710. The Hall–Kier alpha value is -6.51. The molecule has 2 saturated heterocycles. The van der Waals surface area contributed by atoms with E-state index in [-0.39, 0.29) is 46.9 Å². The average molecular weight is 910 g/mol. The Kier molecular flexibility index (Phi) is 12.9. The topological polar surface area (TPSA) is 187 Å². The van der Waals surface area contributed by atoms with E-state index in [1.54, 1.807) is 4.90 Å². The van der Waals surface area contributed by atoms with Crippen LogP contribution in [0.5, 0.6) is 0 Å². The van der Waals surface area contributed by atoms with Gasteiger partial charge in [-0.15, -0.1) is 0 Å². The lowest BCUT2D eigenvalue weighted by Crippen LogP contribution is -2.51. The fraction of sp³-hybridized carbons (Fsp3) is 0.481. The molecule has 1 saturated carbocycles. The van der Waals surface area contributed by atoms with Crippen LogP contribution >= 0.6 is 0 Å². The number of aromatic nitrogens is 4. The fourth-order valence-corrected chi connectivity index (χ4v) is 11.2. The lowest BCUT2D eigenvalue weighted by Gasteiger charge is -2.33. The van der Waals surface area contributed by atoms with Gasteiger partial charge in [-0.1, -0.05) is 83.4 Å². The molecule has 4 aliphatic rings. The summed E-state index contributed by atoms with van der Waals surface area (Å²) in [5.41, 5.74) is 12.2. The summed E-state index contributed by atoms with van der Waals surface area (Å²) in [7, 11) is 2.57. The third-order valence-electron chi connectivity index (χ3n) is 14.7. The van der Waals surface area contributed by atoms with Crippen molar-refractivity contribution in [1.29, 1.82) is 0 Å². The second-order valence-corrected chi connectivity index (χ2v) is 19.6. The molecule has 4 N–H and O–H groups in total. The van der Waals surface area contributed by atoms with Crippen molar-refractivity contribution in [2.75, 3.05) is 27.3 Å². The third kappa shape index (κ3) is 9.04. The highest BCUT2D eigenvalue weighted by molar-refractivity contribution is 6.39. The number of amides is 4. The van der Waals surface area contributed by atoms with Gasteiger partial charge in [-0.05, 0) is 108 Å². The van der Waals surface area contributed by atoms with E-state index in [0.29, 0.717) is 13.1 Å². The first kappa shape index (κ1) is 45.6. The lowest BCUT2D eigenvalue weighted by molar-refractivity contribution is -0.135. The van der Waals surface area contributed by atoms with Gasteiger partial charge in [0.1, 0.15) is 23.4 Å². The van der Waals surface area contributed by atoms with Crippen molar-refractivity contribution in [3.8, 4) is 33.6 Å². The average Bonchev–Trinajstić information content (AvgIpc) is 4.20. The number of hydrazone groups is 1. The largest absolute Gasteiger partial charge is 0.453 e. The van der Waals surface area contributed by atoms with Crippen LogP contribution in [0.2, 0.25) is 0 Å². The van der Waals surface area contributed by atoms with Crippen LogP contribution in [0, 0.1) is 17.3 Å². The summed E-state index contributed by atoms with van der Waals surface area (Å²) in [5, 5.41) is 9.13. The molecule has 5 aromatic rings. The zero-order valence-electron chi connectivity index (χ0n) is 39.5. The third-order valence-corrected chi connectivity index (χ3v) is 14.7. The maximum absolute atomic E-state index is 13.9. The Balaban J connectivity index is 0.971. The minimum absolute atomic E-state index is 0.106. The molecule has 3 fully saturated rings. The summed E-state index contributed by atoms with van der Waals surface area (Å²) in [6, 6.07) is 16.7. The van der Waals surface area contributed by atoms with E-state index >= 15 is 0 Å². The van der Waals surface area contributed by atoms with Crippen LogP contribution in [0.25, 0.3) is 44.4 Å². The Morgan fingerprint density at radius 1 is 0.716 bits per heavy atom. The predicted molar refractivity (Wildman–Crippen MR) is 257 cm³/mol. The minimum atomic E-state index is -0.726. The van der Waals surface area contributed by atoms with Crippen molar-refractivity contribution in [1.82, 2.24) is 40.5 Å². The summed E-state index contributed by atoms with van der Waals surface area (Å²) >= 11 is 0. The number of imidazole rings is 2. The molecule has 352 valence electrons. The van der Waals surface area contributed by atoms with E-state index in [1.165, 1.54) is 74.1 Å². The molecule has 0 radical (unpaired) electrons. The number of benzene rings is 3. The number of nitrogens with one attached hydrogen (secondary N) is 4. The van der Waals surface area contributed by atoms with Gasteiger partial charge in [0.05, 0.1) is 50.1 Å². The summed E-state index contributed by atoms with van der Waals surface area (Å²) < 4.78 is 9.49. The molecule has 3 unspecified atom stereocenters. The number of nitrogens with zero attached hydrogens (tertiary/aromatic N) is 5. The predicted octanol–water partition coefficient (Wildman–Crippen LogP) is 9.41. The molecule has 15 nitrogen and oxygen atoms in total. The van der Waals surface area contributed by atoms with Crippen LogP contribution in [-0.4, -0.2) is 92.8 Å². The molecule has 67 heavy (non-hydrogen) atoms. The van der Waals surface area contributed by atoms with Gasteiger partial charge in [0, 0.05) is 30.1 Å². The Morgan fingerprint density at radius 2 is 1.30 bits per heavy atom. The van der Waals surface area contributed by atoms with Gasteiger partial charge in [0.15, 0.2) is 0 Å². The van der Waals surface area contributed by atoms with Gasteiger partial charge in [0.2, 0.25) is 5.91 Å². The van der Waals surface area contributed by atoms with E-state index in [4.69, 9.17) is 14.7 Å². The van der Waals surface area contributed by atoms with Crippen LogP contribution in [0.4, 0.5) is 9.59 Å². The number of fused-ring (bicyclic) bond motifs is 2. The van der Waals surface area contributed by atoms with Crippen molar-refractivity contribution in [2.45, 2.75) is 116 Å². The van der Waals surface area contributed by atoms with Gasteiger partial charge in [-0.2, -0.15) is 5.10 Å². The van der Waals surface area contributed by atoms with Gasteiger partial charge < -0.3 is 34.6 Å². The number of rotatable bonds is 11. The van der Waals surface area contributed by atoms with Crippen LogP contribution in [0.3, 0.4) is 0 Å². The SMILES string of the molecule is COC(=O)NN=C(C(=O)N1CCCC1c1ncc(-c2ccc3cc(-c4ccc(-c5cnc(C6CCCN6C(=O)C(NC(=O)OC)C(C)C)[nH]5)c5c4CC4(CCCCC4)C5)ccc3c2)[nH]1)C(C)C. The van der Waals surface area contributed by atoms with Gasteiger partial charge in [-0.3, -0.25) is 9.59 Å². The molecular formula is C52H63N9O6. The van der Waals surface area contributed by atoms with Crippen molar-refractivity contribution < 1.29 is 28.7 Å². The smallest absolute Gasteiger partial charge is 0.427 e. The summed E-state index contributed by atoms with van der Waals surface area (Å²) in [5.74, 6) is 0.836. The number of carbonyl (C=O) groups is 4. The molecule has 9 rings (SSSR count). The number of hydrogen-bond acceptors (Lipinski definition) is 9. The number of carbonyl (C=O) groups excluding carboxylic acids is 4. The normalized spacial score (nSPS) is 19.6. The summed E-state index contributed by atoms with van der Waals surface area (Å²) in [4.78, 5) is 72.0. The fourth-order valence-electron chi connectivity index (χ4n) is 11.2. The summed E-state index contributed by atoms with van der Waals surface area (Å²) in [6.45, 7) is 8.78. The molecule has 2 aliphatic heterocycles. The van der Waals surface area contributed by atoms with E-state index in [0.717, 1.165) is 77.9 Å². The monoisotopic (exact) mass is 909 g/mol. The second kappa shape index (κ2) is 19.0. The van der Waals surface area contributed by atoms with Crippen LogP contribution < -0.4 is 10.7 Å². The quantitative estimate of drug-likeness (QED) is 0.0745. The molecule has 2 aliphatic carbocycles. The maximum Gasteiger partial charge on any atom is 0.427 e. The number of methoxy groups -OCH3 is 2. The highest BCUT2D eigenvalue weighted by Crippen LogP contribution is 2.52.